The van der Waals surface area contributed by atoms with Gasteiger partial charge in [0.25, 0.3) is 0 Å². The van der Waals surface area contributed by atoms with E-state index in [2.05, 4.69) is 10.6 Å². The van der Waals surface area contributed by atoms with Crippen LogP contribution in [0.25, 0.3) is 0 Å². The molecule has 0 fully saturated rings. The summed E-state index contributed by atoms with van der Waals surface area (Å²) < 4.78 is 13.2. The minimum atomic E-state index is -1.15. The molecule has 1 aromatic carbocycles. The molecule has 1 rings (SSSR count). The molecule has 0 saturated carbocycles. The molecule has 0 aliphatic rings. The summed E-state index contributed by atoms with van der Waals surface area (Å²) in [5, 5.41) is 13.1. The predicted molar refractivity (Wildman–Crippen MR) is 74.8 cm³/mol. The van der Waals surface area contributed by atoms with Crippen molar-refractivity contribution < 1.29 is 19.1 Å². The lowest BCUT2D eigenvalue weighted by atomic mass is 10.1. The summed E-state index contributed by atoms with van der Waals surface area (Å²) in [5.74, 6) is -2.23. The molecule has 0 unspecified atom stereocenters. The summed E-state index contributed by atoms with van der Waals surface area (Å²) in [6.45, 7) is 3.31. The van der Waals surface area contributed by atoms with E-state index in [1.54, 1.807) is 13.8 Å². The molecule has 3 N–H and O–H groups in total. The van der Waals surface area contributed by atoms with E-state index < -0.39 is 23.9 Å². The number of carbonyl (C=O) groups excluding carboxylic acids is 1. The van der Waals surface area contributed by atoms with Gasteiger partial charge >= 0.3 is 12.0 Å². The Hall–Kier alpha value is -1.53. The number of hydrogen-bond donors (Lipinski definition) is 3. The second-order valence-electron chi connectivity index (χ2n) is 4.41. The molecule has 110 valence electrons. The maximum absolute atomic E-state index is 13.2. The van der Waals surface area contributed by atoms with Crippen LogP contribution in [0.3, 0.4) is 0 Å². The number of benzene rings is 1. The first-order valence-corrected chi connectivity index (χ1v) is 6.42. The maximum atomic E-state index is 13.2. The molecule has 1 atom stereocenters. The Kier molecular flexibility index (Phi) is 5.59. The fourth-order valence-electron chi connectivity index (χ4n) is 1.45. The van der Waals surface area contributed by atoms with E-state index in [1.807, 2.05) is 0 Å². The SMILES string of the molecule is CC(C)[C@@H](NC(=O)Nc1cc(Cl)c(F)c(Cl)c1)C(=O)O. The first-order valence-electron chi connectivity index (χ1n) is 5.67. The Morgan fingerprint density at radius 2 is 1.75 bits per heavy atom. The molecule has 0 aromatic heterocycles. The number of nitrogens with one attached hydrogen (secondary N) is 2. The van der Waals surface area contributed by atoms with E-state index in [0.717, 1.165) is 0 Å². The number of rotatable bonds is 4. The van der Waals surface area contributed by atoms with Crippen molar-refractivity contribution in [2.24, 2.45) is 5.92 Å². The molecule has 1 aromatic rings. The summed E-state index contributed by atoms with van der Waals surface area (Å²) in [4.78, 5) is 22.6. The zero-order valence-corrected chi connectivity index (χ0v) is 12.2. The largest absolute Gasteiger partial charge is 0.480 e. The van der Waals surface area contributed by atoms with E-state index in [-0.39, 0.29) is 21.7 Å². The van der Waals surface area contributed by atoms with Crippen molar-refractivity contribution in [2.75, 3.05) is 5.32 Å². The number of aliphatic carboxylic acids is 1. The van der Waals surface area contributed by atoms with Gasteiger partial charge in [0.1, 0.15) is 6.04 Å². The monoisotopic (exact) mass is 322 g/mol. The Balaban J connectivity index is 2.78. The average Bonchev–Trinajstić information content (AvgIpc) is 2.32. The van der Waals surface area contributed by atoms with Crippen LogP contribution in [0.4, 0.5) is 14.9 Å². The van der Waals surface area contributed by atoms with Crippen molar-refractivity contribution in [1.29, 1.82) is 0 Å². The topological polar surface area (TPSA) is 78.4 Å². The van der Waals surface area contributed by atoms with E-state index in [4.69, 9.17) is 28.3 Å². The van der Waals surface area contributed by atoms with Crippen LogP contribution >= 0.6 is 23.2 Å². The van der Waals surface area contributed by atoms with Crippen molar-refractivity contribution in [3.8, 4) is 0 Å². The fraction of sp³-hybridized carbons (Fsp3) is 0.333. The van der Waals surface area contributed by atoms with Crippen LogP contribution in [0.5, 0.6) is 0 Å². The first-order chi connectivity index (χ1) is 9.22. The Labute approximate surface area is 125 Å². The van der Waals surface area contributed by atoms with Gasteiger partial charge < -0.3 is 15.7 Å². The Bertz CT molecular complexity index is 514. The number of carboxylic acid groups (broad SMARTS) is 1. The molecule has 2 amide bonds. The molecule has 0 bridgehead atoms. The van der Waals surface area contributed by atoms with E-state index in [0.29, 0.717) is 0 Å². The Morgan fingerprint density at radius 1 is 1.25 bits per heavy atom. The summed E-state index contributed by atoms with van der Waals surface area (Å²) in [6.07, 6.45) is 0. The predicted octanol–water partition coefficient (Wildman–Crippen LogP) is 3.36. The molecule has 0 spiro atoms. The minimum Gasteiger partial charge on any atom is -0.480 e. The number of carbonyl (C=O) groups is 2. The fourth-order valence-corrected chi connectivity index (χ4v) is 1.94. The quantitative estimate of drug-likeness (QED) is 0.744. The number of urea groups is 1. The van der Waals surface area contributed by atoms with Crippen LogP contribution in [0.1, 0.15) is 13.8 Å². The van der Waals surface area contributed by atoms with Gasteiger partial charge in [-0.3, -0.25) is 0 Å². The third-order valence-corrected chi connectivity index (χ3v) is 3.01. The van der Waals surface area contributed by atoms with Crippen molar-refractivity contribution in [3.05, 3.63) is 28.0 Å². The summed E-state index contributed by atoms with van der Waals surface area (Å²) in [6, 6.07) is 0.562. The van der Waals surface area contributed by atoms with Gasteiger partial charge in [-0.05, 0) is 18.1 Å². The zero-order chi connectivity index (χ0) is 15.4. The van der Waals surface area contributed by atoms with Crippen molar-refractivity contribution in [3.63, 3.8) is 0 Å². The maximum Gasteiger partial charge on any atom is 0.326 e. The lowest BCUT2D eigenvalue weighted by molar-refractivity contribution is -0.140. The Morgan fingerprint density at radius 3 is 2.15 bits per heavy atom. The van der Waals surface area contributed by atoms with Gasteiger partial charge in [-0.1, -0.05) is 37.0 Å². The van der Waals surface area contributed by atoms with Crippen molar-refractivity contribution in [2.45, 2.75) is 19.9 Å². The van der Waals surface area contributed by atoms with Gasteiger partial charge in [0.2, 0.25) is 0 Å². The third kappa shape index (κ3) is 4.25. The molecule has 0 aliphatic heterocycles. The normalized spacial score (nSPS) is 12.1. The number of anilines is 1. The van der Waals surface area contributed by atoms with Gasteiger partial charge in [0, 0.05) is 5.69 Å². The highest BCUT2D eigenvalue weighted by atomic mass is 35.5. The lowest BCUT2D eigenvalue weighted by Crippen LogP contribution is -2.46. The van der Waals surface area contributed by atoms with Gasteiger partial charge in [-0.15, -0.1) is 0 Å². The second kappa shape index (κ2) is 6.76. The number of carboxylic acids is 1. The van der Waals surface area contributed by atoms with Crippen LogP contribution in [0.15, 0.2) is 12.1 Å². The summed E-state index contributed by atoms with van der Waals surface area (Å²) in [7, 11) is 0. The smallest absolute Gasteiger partial charge is 0.326 e. The van der Waals surface area contributed by atoms with Crippen LogP contribution in [-0.2, 0) is 4.79 Å². The standard InChI is InChI=1S/C12H13Cl2FN2O3/c1-5(2)10(11(18)19)17-12(20)16-6-3-7(13)9(15)8(14)4-6/h3-5,10H,1-2H3,(H,18,19)(H2,16,17,20)/t10-/m1/s1. The molecule has 0 radical (unpaired) electrons. The molecule has 0 heterocycles. The molecule has 8 heteroatoms. The highest BCUT2D eigenvalue weighted by molar-refractivity contribution is 6.35. The van der Waals surface area contributed by atoms with Crippen LogP contribution in [-0.4, -0.2) is 23.1 Å². The van der Waals surface area contributed by atoms with Gasteiger partial charge in [0.15, 0.2) is 5.82 Å². The van der Waals surface area contributed by atoms with Crippen LogP contribution in [0.2, 0.25) is 10.0 Å². The number of amides is 2. The van der Waals surface area contributed by atoms with E-state index in [9.17, 15) is 14.0 Å². The average molecular weight is 323 g/mol. The summed E-state index contributed by atoms with van der Waals surface area (Å²) in [5.41, 5.74) is 0.159. The van der Waals surface area contributed by atoms with Gasteiger partial charge in [-0.25, -0.2) is 14.0 Å². The molecule has 0 saturated heterocycles. The molecular formula is C12H13Cl2FN2O3. The second-order valence-corrected chi connectivity index (χ2v) is 5.23. The third-order valence-electron chi connectivity index (χ3n) is 2.46. The van der Waals surface area contributed by atoms with Gasteiger partial charge in [0.05, 0.1) is 10.0 Å². The zero-order valence-electron chi connectivity index (χ0n) is 10.7. The summed E-state index contributed by atoms with van der Waals surface area (Å²) >= 11 is 11.2. The molecular weight excluding hydrogens is 310 g/mol. The van der Waals surface area contributed by atoms with Gasteiger partial charge in [-0.2, -0.15) is 0 Å². The number of halogens is 3. The highest BCUT2D eigenvalue weighted by Gasteiger charge is 2.23. The molecule has 5 nitrogen and oxygen atoms in total. The van der Waals surface area contributed by atoms with E-state index >= 15 is 0 Å². The molecule has 20 heavy (non-hydrogen) atoms. The minimum absolute atomic E-state index is 0.159. The van der Waals surface area contributed by atoms with Crippen LogP contribution in [0, 0.1) is 11.7 Å². The first kappa shape index (κ1) is 16.5. The molecule has 0 aliphatic carbocycles. The van der Waals surface area contributed by atoms with E-state index in [1.165, 1.54) is 12.1 Å². The highest BCUT2D eigenvalue weighted by Crippen LogP contribution is 2.27. The number of hydrogen-bond acceptors (Lipinski definition) is 2. The van der Waals surface area contributed by atoms with Crippen molar-refractivity contribution in [1.82, 2.24) is 5.32 Å². The van der Waals surface area contributed by atoms with Crippen LogP contribution < -0.4 is 10.6 Å². The lowest BCUT2D eigenvalue weighted by Gasteiger charge is -2.18. The van der Waals surface area contributed by atoms with Crippen molar-refractivity contribution >= 4 is 40.9 Å².